The highest BCUT2D eigenvalue weighted by atomic mass is 32.1. The van der Waals surface area contributed by atoms with E-state index in [4.69, 9.17) is 19.4 Å². The number of hydrogen-bond donors (Lipinski definition) is 0. The Morgan fingerprint density at radius 2 is 1.10 bits per heavy atom. The van der Waals surface area contributed by atoms with Gasteiger partial charge in [-0.05, 0) is 81.9 Å². The standard InChI is InChI=1S/C56H37N3OS/c1-3-17-48(52-35(2)60-50-29-15-14-26-47(50)52)56-58-54(42-31-40(36-18-6-4-7-19-36)30-41(32-42)37-20-8-5-9-21-37)57-55(59-56)46-25-13-12-24-43(46)44-27-16-28-45-49-33-38-22-10-11-23-39(38)34-51(49)61-53(44)45/h3-34H,2H2,1H3/b17-3-,52-48-. The van der Waals surface area contributed by atoms with Crippen LogP contribution in [0.25, 0.3) is 110 Å². The molecule has 0 radical (unpaired) electrons. The lowest BCUT2D eigenvalue weighted by atomic mass is 9.95. The van der Waals surface area contributed by atoms with Crippen molar-refractivity contribution in [1.29, 1.82) is 0 Å². The van der Waals surface area contributed by atoms with Crippen LogP contribution in [0, 0.1) is 0 Å². The first kappa shape index (κ1) is 36.4. The van der Waals surface area contributed by atoms with Gasteiger partial charge in [0.2, 0.25) is 0 Å². The van der Waals surface area contributed by atoms with Gasteiger partial charge in [-0.15, -0.1) is 11.3 Å². The number of allylic oxidation sites excluding steroid dienone is 2. The van der Waals surface area contributed by atoms with Crippen molar-refractivity contribution in [3.8, 4) is 56.2 Å². The van der Waals surface area contributed by atoms with Gasteiger partial charge < -0.3 is 4.42 Å². The molecule has 0 aliphatic rings. The van der Waals surface area contributed by atoms with E-state index in [1.165, 1.54) is 30.9 Å². The van der Waals surface area contributed by atoms with Crippen LogP contribution in [-0.2, 0) is 0 Å². The van der Waals surface area contributed by atoms with Gasteiger partial charge in [0.1, 0.15) is 11.0 Å². The maximum atomic E-state index is 6.24. The molecule has 11 aromatic rings. The molecule has 0 aliphatic carbocycles. The maximum Gasteiger partial charge on any atom is 0.164 e. The summed E-state index contributed by atoms with van der Waals surface area (Å²) in [7, 11) is 0. The summed E-state index contributed by atoms with van der Waals surface area (Å²) in [5, 5.41) is 6.78. The number of furan rings is 1. The minimum Gasteiger partial charge on any atom is -0.457 e. The Balaban J connectivity index is 1.19. The summed E-state index contributed by atoms with van der Waals surface area (Å²) >= 11 is 1.83. The molecule has 8 aromatic carbocycles. The molecular weight excluding hydrogens is 763 g/mol. The zero-order chi connectivity index (χ0) is 40.9. The molecule has 288 valence electrons. The number of nitrogens with zero attached hydrogens (tertiary/aromatic N) is 3. The van der Waals surface area contributed by atoms with E-state index >= 15 is 0 Å². The molecule has 11 rings (SSSR count). The zero-order valence-electron chi connectivity index (χ0n) is 33.3. The number of hydrogen-bond acceptors (Lipinski definition) is 5. The molecule has 0 amide bonds. The van der Waals surface area contributed by atoms with Gasteiger partial charge in [-0.2, -0.15) is 0 Å². The highest BCUT2D eigenvalue weighted by Gasteiger charge is 2.21. The molecular formula is C56H37N3OS. The minimum atomic E-state index is 0.530. The molecule has 0 N–H and O–H groups in total. The number of thiophene rings is 1. The molecule has 0 saturated carbocycles. The average Bonchev–Trinajstić information content (AvgIpc) is 3.86. The largest absolute Gasteiger partial charge is 0.457 e. The second kappa shape index (κ2) is 15.1. The maximum absolute atomic E-state index is 6.24. The topological polar surface area (TPSA) is 51.8 Å². The van der Waals surface area contributed by atoms with Crippen LogP contribution < -0.4 is 10.6 Å². The van der Waals surface area contributed by atoms with E-state index in [1.54, 1.807) is 0 Å². The third-order valence-corrected chi connectivity index (χ3v) is 12.6. The summed E-state index contributed by atoms with van der Waals surface area (Å²) in [4.78, 5) is 16.1. The third-order valence-electron chi connectivity index (χ3n) is 11.4. The molecule has 0 atom stereocenters. The highest BCUT2D eigenvalue weighted by molar-refractivity contribution is 7.26. The quantitative estimate of drug-likeness (QED) is 0.161. The van der Waals surface area contributed by atoms with E-state index in [0.29, 0.717) is 22.9 Å². The lowest BCUT2D eigenvalue weighted by Crippen LogP contribution is -2.23. The Morgan fingerprint density at radius 1 is 0.508 bits per heavy atom. The molecule has 0 fully saturated rings. The molecule has 61 heavy (non-hydrogen) atoms. The van der Waals surface area contributed by atoms with Crippen molar-refractivity contribution in [2.24, 2.45) is 0 Å². The molecule has 3 aromatic heterocycles. The predicted molar refractivity (Wildman–Crippen MR) is 256 cm³/mol. The van der Waals surface area contributed by atoms with Crippen molar-refractivity contribution in [1.82, 2.24) is 15.0 Å². The van der Waals surface area contributed by atoms with Crippen molar-refractivity contribution in [3.05, 3.63) is 211 Å². The lowest BCUT2D eigenvalue weighted by Gasteiger charge is -2.14. The fraction of sp³-hybridized carbons (Fsp3) is 0.0179. The average molecular weight is 800 g/mol. The first-order chi connectivity index (χ1) is 30.1. The van der Waals surface area contributed by atoms with Crippen LogP contribution in [0.4, 0.5) is 0 Å². The Kier molecular flexibility index (Phi) is 9.02. The zero-order valence-corrected chi connectivity index (χ0v) is 34.2. The van der Waals surface area contributed by atoms with Gasteiger partial charge in [0.15, 0.2) is 17.5 Å². The van der Waals surface area contributed by atoms with E-state index in [0.717, 1.165) is 66.3 Å². The van der Waals surface area contributed by atoms with E-state index in [1.807, 2.05) is 54.7 Å². The fourth-order valence-corrected chi connectivity index (χ4v) is 9.79. The van der Waals surface area contributed by atoms with Gasteiger partial charge in [0.25, 0.3) is 0 Å². The van der Waals surface area contributed by atoms with Crippen LogP contribution in [0.2, 0.25) is 0 Å². The van der Waals surface area contributed by atoms with Crippen LogP contribution >= 0.6 is 11.3 Å². The number of rotatable bonds is 7. The Morgan fingerprint density at radius 3 is 1.84 bits per heavy atom. The molecule has 5 heteroatoms. The van der Waals surface area contributed by atoms with E-state index in [9.17, 15) is 0 Å². The second-order valence-electron chi connectivity index (χ2n) is 15.2. The highest BCUT2D eigenvalue weighted by Crippen LogP contribution is 2.44. The van der Waals surface area contributed by atoms with Crippen LogP contribution in [0.15, 0.2) is 199 Å². The van der Waals surface area contributed by atoms with Crippen molar-refractivity contribution < 1.29 is 4.42 Å². The van der Waals surface area contributed by atoms with E-state index in [2.05, 4.69) is 164 Å². The van der Waals surface area contributed by atoms with Gasteiger partial charge in [-0.3, -0.25) is 0 Å². The molecule has 0 aliphatic heterocycles. The van der Waals surface area contributed by atoms with Crippen molar-refractivity contribution in [2.45, 2.75) is 6.92 Å². The van der Waals surface area contributed by atoms with Crippen LogP contribution in [-0.4, -0.2) is 15.0 Å². The number of para-hydroxylation sites is 1. The van der Waals surface area contributed by atoms with Crippen LogP contribution in [0.3, 0.4) is 0 Å². The third kappa shape index (κ3) is 6.53. The molecule has 0 saturated heterocycles. The smallest absolute Gasteiger partial charge is 0.164 e. The molecule has 3 heterocycles. The summed E-state index contributed by atoms with van der Waals surface area (Å²) < 4.78 is 8.73. The van der Waals surface area contributed by atoms with E-state index in [-0.39, 0.29) is 0 Å². The van der Waals surface area contributed by atoms with Gasteiger partial charge in [0, 0.05) is 53.0 Å². The van der Waals surface area contributed by atoms with E-state index < -0.39 is 0 Å². The van der Waals surface area contributed by atoms with Crippen molar-refractivity contribution >= 4 is 65.4 Å². The first-order valence-electron chi connectivity index (χ1n) is 20.4. The second-order valence-corrected chi connectivity index (χ2v) is 16.2. The first-order valence-corrected chi connectivity index (χ1v) is 21.2. The summed E-state index contributed by atoms with van der Waals surface area (Å²) in [6.07, 6.45) is 4.07. The van der Waals surface area contributed by atoms with Gasteiger partial charge in [-0.1, -0.05) is 164 Å². The molecule has 0 spiro atoms. The van der Waals surface area contributed by atoms with Gasteiger partial charge in [-0.25, -0.2) is 15.0 Å². The number of benzene rings is 8. The van der Waals surface area contributed by atoms with Crippen LogP contribution in [0.5, 0.6) is 0 Å². The number of aromatic nitrogens is 3. The fourth-order valence-electron chi connectivity index (χ4n) is 8.53. The summed E-state index contributed by atoms with van der Waals surface area (Å²) in [5.41, 5.74) is 10.5. The Hall–Kier alpha value is -7.73. The predicted octanol–water partition coefficient (Wildman–Crippen LogP) is 13.7. The van der Waals surface area contributed by atoms with Crippen molar-refractivity contribution in [3.63, 3.8) is 0 Å². The molecule has 0 bridgehead atoms. The number of fused-ring (bicyclic) bond motifs is 5. The summed E-state index contributed by atoms with van der Waals surface area (Å²) in [5.74, 6) is 1.67. The van der Waals surface area contributed by atoms with Crippen molar-refractivity contribution in [2.75, 3.05) is 0 Å². The molecule has 0 unspecified atom stereocenters. The van der Waals surface area contributed by atoms with Gasteiger partial charge in [0.05, 0.1) is 0 Å². The normalized spacial score (nSPS) is 12.3. The summed E-state index contributed by atoms with van der Waals surface area (Å²) in [6, 6.07) is 63.9. The Bertz CT molecular complexity index is 3560. The lowest BCUT2D eigenvalue weighted by molar-refractivity contribution is 0.577. The van der Waals surface area contributed by atoms with Gasteiger partial charge >= 0.3 is 0 Å². The van der Waals surface area contributed by atoms with Crippen LogP contribution in [0.1, 0.15) is 12.7 Å². The SMILES string of the molecule is C=c1oc2ccccc2/c1=C(/C=C\C)c1nc(-c2cc(-c3ccccc3)cc(-c3ccccc3)c2)nc(-c2ccccc2-c2cccc3c2sc2cc4ccccc4cc23)n1. The minimum absolute atomic E-state index is 0.530. The monoisotopic (exact) mass is 799 g/mol. The summed E-state index contributed by atoms with van der Waals surface area (Å²) in [6.45, 7) is 6.37. The molecule has 4 nitrogen and oxygen atoms in total. The Labute approximate surface area is 356 Å².